The maximum atomic E-state index is 13.0. The largest absolute Gasteiger partial charge is 0.486 e. The number of benzene rings is 1. The number of nitrogens with one attached hydrogen (secondary N) is 1. The fourth-order valence-corrected chi connectivity index (χ4v) is 6.15. The standard InChI is InChI=1S/C19H22BrNO3/c20-14-8-16-17(24-2-1-23-16)9-15(14)21-19(22)18-12-4-10-3-11(6-12)7-13(18)5-10/h8-13,18H,1-7H2,(H,21,22). The second-order valence-electron chi connectivity index (χ2n) is 7.92. The summed E-state index contributed by atoms with van der Waals surface area (Å²) in [5.74, 6) is 4.80. The summed E-state index contributed by atoms with van der Waals surface area (Å²) < 4.78 is 12.1. The van der Waals surface area contributed by atoms with Gasteiger partial charge in [-0.05, 0) is 71.7 Å². The number of halogens is 1. The minimum Gasteiger partial charge on any atom is -0.486 e. The van der Waals surface area contributed by atoms with Crippen LogP contribution >= 0.6 is 15.9 Å². The van der Waals surface area contributed by atoms with Crippen molar-refractivity contribution < 1.29 is 14.3 Å². The zero-order valence-corrected chi connectivity index (χ0v) is 15.2. The Kier molecular flexibility index (Phi) is 3.55. The van der Waals surface area contributed by atoms with Gasteiger partial charge in [-0.15, -0.1) is 0 Å². The number of rotatable bonds is 2. The molecule has 1 heterocycles. The van der Waals surface area contributed by atoms with Crippen LogP contribution in [0.25, 0.3) is 0 Å². The molecular formula is C19H22BrNO3. The molecule has 1 amide bonds. The Morgan fingerprint density at radius 2 is 1.54 bits per heavy atom. The number of carbonyl (C=O) groups is 1. The van der Waals surface area contributed by atoms with E-state index in [9.17, 15) is 4.79 Å². The first-order valence-corrected chi connectivity index (χ1v) is 9.86. The maximum absolute atomic E-state index is 13.0. The highest BCUT2D eigenvalue weighted by molar-refractivity contribution is 9.10. The van der Waals surface area contributed by atoms with Crippen LogP contribution in [0.15, 0.2) is 16.6 Å². The first kappa shape index (κ1) is 15.1. The van der Waals surface area contributed by atoms with Crippen LogP contribution in [0.5, 0.6) is 11.5 Å². The molecule has 128 valence electrons. The predicted molar refractivity (Wildman–Crippen MR) is 94.3 cm³/mol. The van der Waals surface area contributed by atoms with Gasteiger partial charge in [-0.25, -0.2) is 0 Å². The summed E-state index contributed by atoms with van der Waals surface area (Å²) in [7, 11) is 0. The molecule has 0 saturated heterocycles. The van der Waals surface area contributed by atoms with E-state index in [1.807, 2.05) is 12.1 Å². The maximum Gasteiger partial charge on any atom is 0.228 e. The Morgan fingerprint density at radius 3 is 2.17 bits per heavy atom. The fourth-order valence-electron chi connectivity index (χ4n) is 5.73. The van der Waals surface area contributed by atoms with Crippen LogP contribution in [0.4, 0.5) is 5.69 Å². The van der Waals surface area contributed by atoms with E-state index in [1.54, 1.807) is 0 Å². The molecule has 4 nitrogen and oxygen atoms in total. The van der Waals surface area contributed by atoms with Crippen molar-refractivity contribution >= 4 is 27.5 Å². The van der Waals surface area contributed by atoms with Gasteiger partial charge in [0.25, 0.3) is 0 Å². The highest BCUT2D eigenvalue weighted by atomic mass is 79.9. The van der Waals surface area contributed by atoms with E-state index in [-0.39, 0.29) is 11.8 Å². The first-order valence-electron chi connectivity index (χ1n) is 9.07. The molecule has 0 radical (unpaired) electrons. The van der Waals surface area contributed by atoms with E-state index in [0.717, 1.165) is 27.7 Å². The third-order valence-electron chi connectivity index (χ3n) is 6.42. The Labute approximate surface area is 150 Å². The van der Waals surface area contributed by atoms with Crippen LogP contribution in [-0.2, 0) is 4.79 Å². The van der Waals surface area contributed by atoms with Crippen molar-refractivity contribution in [2.75, 3.05) is 18.5 Å². The molecule has 4 aliphatic carbocycles. The third kappa shape index (κ3) is 2.43. The van der Waals surface area contributed by atoms with Crippen LogP contribution in [0.2, 0.25) is 0 Å². The van der Waals surface area contributed by atoms with Gasteiger partial charge in [-0.3, -0.25) is 4.79 Å². The molecule has 4 fully saturated rings. The first-order chi connectivity index (χ1) is 11.7. The highest BCUT2D eigenvalue weighted by Gasteiger charge is 2.50. The molecule has 6 rings (SSSR count). The topological polar surface area (TPSA) is 47.6 Å². The molecule has 4 saturated carbocycles. The average Bonchev–Trinajstić information content (AvgIpc) is 2.54. The van der Waals surface area contributed by atoms with Crippen LogP contribution in [0.1, 0.15) is 32.1 Å². The second-order valence-corrected chi connectivity index (χ2v) is 8.78. The van der Waals surface area contributed by atoms with E-state index in [4.69, 9.17) is 9.47 Å². The summed E-state index contributed by atoms with van der Waals surface area (Å²) in [6.45, 7) is 1.12. The molecule has 0 unspecified atom stereocenters. The zero-order chi connectivity index (χ0) is 16.3. The van der Waals surface area contributed by atoms with Gasteiger partial charge < -0.3 is 14.8 Å². The van der Waals surface area contributed by atoms with E-state index < -0.39 is 0 Å². The lowest BCUT2D eigenvalue weighted by Gasteiger charge is -2.53. The Morgan fingerprint density at radius 1 is 0.958 bits per heavy atom. The van der Waals surface area contributed by atoms with Crippen molar-refractivity contribution in [3.05, 3.63) is 16.6 Å². The van der Waals surface area contributed by atoms with Gasteiger partial charge in [-0.2, -0.15) is 0 Å². The molecule has 0 spiro atoms. The van der Waals surface area contributed by atoms with Crippen LogP contribution in [0, 0.1) is 29.6 Å². The Bertz CT molecular complexity index is 661. The van der Waals surface area contributed by atoms with E-state index in [2.05, 4.69) is 21.2 Å². The number of ether oxygens (including phenoxy) is 2. The minimum absolute atomic E-state index is 0.193. The monoisotopic (exact) mass is 391 g/mol. The summed E-state index contributed by atoms with van der Waals surface area (Å²) in [4.78, 5) is 13.0. The molecular weight excluding hydrogens is 370 g/mol. The van der Waals surface area contributed by atoms with E-state index in [1.165, 1.54) is 32.1 Å². The quantitative estimate of drug-likeness (QED) is 0.820. The molecule has 1 aliphatic heterocycles. The molecule has 5 heteroatoms. The minimum atomic E-state index is 0.193. The SMILES string of the molecule is O=C(Nc1cc2c(cc1Br)OCCO2)C1C2CC3CC(C2)CC1C3. The second kappa shape index (κ2) is 5.65. The molecule has 1 aromatic carbocycles. The van der Waals surface area contributed by atoms with Crippen molar-refractivity contribution in [1.29, 1.82) is 0 Å². The van der Waals surface area contributed by atoms with Gasteiger partial charge in [0, 0.05) is 22.5 Å². The summed E-state index contributed by atoms with van der Waals surface area (Å²) >= 11 is 3.56. The molecule has 0 atom stereocenters. The molecule has 4 bridgehead atoms. The molecule has 5 aliphatic rings. The summed E-state index contributed by atoms with van der Waals surface area (Å²) in [5, 5.41) is 3.17. The molecule has 1 aromatic rings. The fraction of sp³-hybridized carbons (Fsp3) is 0.632. The summed E-state index contributed by atoms with van der Waals surface area (Å²) in [6.07, 6.45) is 6.44. The Balaban J connectivity index is 1.37. The summed E-state index contributed by atoms with van der Waals surface area (Å²) in [6, 6.07) is 3.77. The van der Waals surface area contributed by atoms with Gasteiger partial charge in [-0.1, -0.05) is 0 Å². The lowest BCUT2D eigenvalue weighted by molar-refractivity contribution is -0.132. The van der Waals surface area contributed by atoms with E-state index >= 15 is 0 Å². The van der Waals surface area contributed by atoms with E-state index in [0.29, 0.717) is 30.8 Å². The number of fused-ring (bicyclic) bond motifs is 1. The van der Waals surface area contributed by atoms with Crippen LogP contribution in [0.3, 0.4) is 0 Å². The number of amides is 1. The lowest BCUT2D eigenvalue weighted by atomic mass is 9.51. The Hall–Kier alpha value is -1.23. The zero-order valence-electron chi connectivity index (χ0n) is 13.6. The van der Waals surface area contributed by atoms with Gasteiger partial charge in [0.1, 0.15) is 13.2 Å². The van der Waals surface area contributed by atoms with Gasteiger partial charge >= 0.3 is 0 Å². The smallest absolute Gasteiger partial charge is 0.228 e. The molecule has 24 heavy (non-hydrogen) atoms. The average molecular weight is 392 g/mol. The van der Waals surface area contributed by atoms with Gasteiger partial charge in [0.2, 0.25) is 5.91 Å². The van der Waals surface area contributed by atoms with Crippen molar-refractivity contribution in [1.82, 2.24) is 0 Å². The van der Waals surface area contributed by atoms with Crippen LogP contribution < -0.4 is 14.8 Å². The molecule has 0 aromatic heterocycles. The number of anilines is 1. The predicted octanol–water partition coefficient (Wildman–Crippen LogP) is 4.23. The number of carbonyl (C=O) groups excluding carboxylic acids is 1. The van der Waals surface area contributed by atoms with Crippen LogP contribution in [-0.4, -0.2) is 19.1 Å². The summed E-state index contributed by atoms with van der Waals surface area (Å²) in [5.41, 5.74) is 0.790. The van der Waals surface area contributed by atoms with Gasteiger partial charge in [0.15, 0.2) is 11.5 Å². The van der Waals surface area contributed by atoms with Gasteiger partial charge in [0.05, 0.1) is 5.69 Å². The molecule has 1 N–H and O–H groups in total. The number of hydrogen-bond acceptors (Lipinski definition) is 3. The van der Waals surface area contributed by atoms with Crippen molar-refractivity contribution in [2.45, 2.75) is 32.1 Å². The van der Waals surface area contributed by atoms with Crippen molar-refractivity contribution in [3.8, 4) is 11.5 Å². The lowest BCUT2D eigenvalue weighted by Crippen LogP contribution is -2.49. The highest BCUT2D eigenvalue weighted by Crippen LogP contribution is 2.56. The third-order valence-corrected chi connectivity index (χ3v) is 7.08. The van der Waals surface area contributed by atoms with Crippen molar-refractivity contribution in [3.63, 3.8) is 0 Å². The van der Waals surface area contributed by atoms with Crippen molar-refractivity contribution in [2.24, 2.45) is 29.6 Å². The number of hydrogen-bond donors (Lipinski definition) is 1. The normalized spacial score (nSPS) is 35.8.